The van der Waals surface area contributed by atoms with Gasteiger partial charge in [-0.3, -0.25) is 9.48 Å². The summed E-state index contributed by atoms with van der Waals surface area (Å²) in [7, 11) is 1.25. The molecule has 0 aromatic carbocycles. The van der Waals surface area contributed by atoms with Gasteiger partial charge in [0.05, 0.1) is 18.9 Å². The number of aromatic carboxylic acids is 1. The molecule has 0 saturated heterocycles. The largest absolute Gasteiger partial charge is 0.478 e. The summed E-state index contributed by atoms with van der Waals surface area (Å²) in [6.07, 6.45) is 2.44. The lowest BCUT2D eigenvalue weighted by Gasteiger charge is -1.97. The Morgan fingerprint density at radius 2 is 2.38 bits per heavy atom. The van der Waals surface area contributed by atoms with Crippen molar-refractivity contribution < 1.29 is 19.4 Å². The smallest absolute Gasteiger partial charge is 0.338 e. The van der Waals surface area contributed by atoms with Gasteiger partial charge in [-0.2, -0.15) is 5.10 Å². The lowest BCUT2D eigenvalue weighted by Crippen LogP contribution is -2.11. The number of hydrogen-bond donors (Lipinski definition) is 1. The molecule has 1 rings (SSSR count). The molecule has 0 bridgehead atoms. The molecule has 0 aliphatic rings. The molecule has 0 unspecified atom stereocenters. The summed E-state index contributed by atoms with van der Waals surface area (Å²) in [6, 6.07) is 0. The molecule has 6 nitrogen and oxygen atoms in total. The number of carboxylic acids is 1. The normalized spacial score (nSPS) is 9.62. The Hall–Kier alpha value is -1.85. The predicted molar refractivity (Wildman–Crippen MR) is 41.2 cm³/mol. The molecule has 0 atom stereocenters. The van der Waals surface area contributed by atoms with Crippen LogP contribution in [0.2, 0.25) is 0 Å². The zero-order chi connectivity index (χ0) is 9.84. The zero-order valence-corrected chi connectivity index (χ0v) is 6.93. The molecule has 6 heteroatoms. The average Bonchev–Trinajstić information content (AvgIpc) is 2.52. The monoisotopic (exact) mass is 184 g/mol. The van der Waals surface area contributed by atoms with Gasteiger partial charge in [0.15, 0.2) is 0 Å². The third kappa shape index (κ3) is 2.29. The number of carbonyl (C=O) groups excluding carboxylic acids is 1. The van der Waals surface area contributed by atoms with E-state index in [2.05, 4.69) is 9.84 Å². The fraction of sp³-hybridized carbons (Fsp3) is 0.286. The highest BCUT2D eigenvalue weighted by Crippen LogP contribution is 1.97. The van der Waals surface area contributed by atoms with Crippen LogP contribution in [0.1, 0.15) is 10.4 Å². The highest BCUT2D eigenvalue weighted by Gasteiger charge is 2.08. The van der Waals surface area contributed by atoms with Crippen LogP contribution in [0.3, 0.4) is 0 Å². The van der Waals surface area contributed by atoms with Crippen LogP contribution in [0.15, 0.2) is 12.4 Å². The van der Waals surface area contributed by atoms with Crippen LogP contribution in [0, 0.1) is 0 Å². The minimum atomic E-state index is -1.07. The fourth-order valence-electron chi connectivity index (χ4n) is 0.757. The number of hydrogen-bond acceptors (Lipinski definition) is 4. The van der Waals surface area contributed by atoms with Crippen molar-refractivity contribution in [3.8, 4) is 0 Å². The van der Waals surface area contributed by atoms with E-state index in [0.29, 0.717) is 0 Å². The lowest BCUT2D eigenvalue weighted by atomic mass is 10.4. The third-order valence-electron chi connectivity index (χ3n) is 1.40. The molecule has 0 amide bonds. The lowest BCUT2D eigenvalue weighted by molar-refractivity contribution is -0.141. The van der Waals surface area contributed by atoms with Crippen molar-refractivity contribution in [1.82, 2.24) is 9.78 Å². The Morgan fingerprint density at radius 3 is 2.85 bits per heavy atom. The van der Waals surface area contributed by atoms with Crippen molar-refractivity contribution in [2.75, 3.05) is 7.11 Å². The third-order valence-corrected chi connectivity index (χ3v) is 1.40. The van der Waals surface area contributed by atoms with Crippen molar-refractivity contribution in [1.29, 1.82) is 0 Å². The van der Waals surface area contributed by atoms with Gasteiger partial charge in [-0.15, -0.1) is 0 Å². The van der Waals surface area contributed by atoms with E-state index in [-0.39, 0.29) is 12.1 Å². The molecular weight excluding hydrogens is 176 g/mol. The zero-order valence-electron chi connectivity index (χ0n) is 6.93. The summed E-state index contributed by atoms with van der Waals surface area (Å²) in [5, 5.41) is 12.2. The molecular formula is C7H8N2O4. The predicted octanol–water partition coefficient (Wildman–Crippen LogP) is -0.246. The fourth-order valence-corrected chi connectivity index (χ4v) is 0.757. The summed E-state index contributed by atoms with van der Waals surface area (Å²) in [5.41, 5.74) is 0.0453. The summed E-state index contributed by atoms with van der Waals surface area (Å²) < 4.78 is 5.58. The summed E-state index contributed by atoms with van der Waals surface area (Å²) in [6.45, 7) is -0.0796. The molecule has 1 aromatic heterocycles. The molecule has 70 valence electrons. The van der Waals surface area contributed by atoms with Crippen LogP contribution in [0.5, 0.6) is 0 Å². The highest BCUT2D eigenvalue weighted by atomic mass is 16.5. The first-order valence-corrected chi connectivity index (χ1v) is 3.46. The number of ether oxygens (including phenoxy) is 1. The quantitative estimate of drug-likeness (QED) is 0.655. The van der Waals surface area contributed by atoms with Gasteiger partial charge in [0, 0.05) is 6.20 Å². The first-order valence-electron chi connectivity index (χ1n) is 3.46. The number of carbonyl (C=O) groups is 2. The van der Waals surface area contributed by atoms with Gasteiger partial charge >= 0.3 is 11.9 Å². The molecule has 1 N–H and O–H groups in total. The number of methoxy groups -OCH3 is 1. The van der Waals surface area contributed by atoms with Gasteiger partial charge in [0.1, 0.15) is 6.54 Å². The maximum Gasteiger partial charge on any atom is 0.338 e. The number of nitrogens with zero attached hydrogens (tertiary/aromatic N) is 2. The van der Waals surface area contributed by atoms with E-state index in [9.17, 15) is 9.59 Å². The van der Waals surface area contributed by atoms with E-state index in [4.69, 9.17) is 5.11 Å². The number of carboxylic acid groups (broad SMARTS) is 1. The van der Waals surface area contributed by atoms with E-state index in [1.807, 2.05) is 0 Å². The maximum atomic E-state index is 10.7. The van der Waals surface area contributed by atoms with Crippen LogP contribution >= 0.6 is 0 Å². The van der Waals surface area contributed by atoms with Crippen LogP contribution in [0.4, 0.5) is 0 Å². The molecule has 0 saturated carbocycles. The van der Waals surface area contributed by atoms with Crippen molar-refractivity contribution in [3.05, 3.63) is 18.0 Å². The number of aromatic nitrogens is 2. The first kappa shape index (κ1) is 9.24. The van der Waals surface area contributed by atoms with Crippen molar-refractivity contribution in [2.45, 2.75) is 6.54 Å². The van der Waals surface area contributed by atoms with Gasteiger partial charge in [-0.1, -0.05) is 0 Å². The van der Waals surface area contributed by atoms with Crippen LogP contribution in [0.25, 0.3) is 0 Å². The molecule has 0 aliphatic carbocycles. The molecule has 0 aliphatic heterocycles. The van der Waals surface area contributed by atoms with E-state index >= 15 is 0 Å². The Bertz CT molecular complexity index is 331. The minimum absolute atomic E-state index is 0.0453. The van der Waals surface area contributed by atoms with Gasteiger partial charge < -0.3 is 9.84 Å². The SMILES string of the molecule is COC(=O)Cn1cc(C(=O)O)cn1. The van der Waals surface area contributed by atoms with Gasteiger partial charge in [0.2, 0.25) is 0 Å². The van der Waals surface area contributed by atoms with E-state index in [1.54, 1.807) is 0 Å². The Kier molecular flexibility index (Phi) is 2.63. The highest BCUT2D eigenvalue weighted by molar-refractivity contribution is 5.86. The number of esters is 1. The van der Waals surface area contributed by atoms with E-state index in [1.165, 1.54) is 24.2 Å². The maximum absolute atomic E-state index is 10.7. The van der Waals surface area contributed by atoms with Crippen LogP contribution in [-0.2, 0) is 16.1 Å². The van der Waals surface area contributed by atoms with Gasteiger partial charge in [0.25, 0.3) is 0 Å². The molecule has 0 spiro atoms. The standard InChI is InChI=1S/C7H8N2O4/c1-13-6(10)4-9-3-5(2-8-9)7(11)12/h2-3H,4H2,1H3,(H,11,12). The summed E-state index contributed by atoms with van der Waals surface area (Å²) in [5.74, 6) is -1.55. The second-order valence-corrected chi connectivity index (χ2v) is 2.31. The van der Waals surface area contributed by atoms with Crippen LogP contribution in [-0.4, -0.2) is 33.9 Å². The molecule has 0 radical (unpaired) electrons. The minimum Gasteiger partial charge on any atom is -0.478 e. The summed E-state index contributed by atoms with van der Waals surface area (Å²) >= 11 is 0. The second-order valence-electron chi connectivity index (χ2n) is 2.31. The Labute approximate surface area is 73.7 Å². The average molecular weight is 184 g/mol. The summed E-state index contributed by atoms with van der Waals surface area (Å²) in [4.78, 5) is 21.1. The van der Waals surface area contributed by atoms with Crippen molar-refractivity contribution in [2.24, 2.45) is 0 Å². The van der Waals surface area contributed by atoms with Gasteiger partial charge in [-0.25, -0.2) is 4.79 Å². The van der Waals surface area contributed by atoms with E-state index in [0.717, 1.165) is 0 Å². The second kappa shape index (κ2) is 3.70. The first-order chi connectivity index (χ1) is 6.13. The topological polar surface area (TPSA) is 81.4 Å². The molecule has 13 heavy (non-hydrogen) atoms. The van der Waals surface area contributed by atoms with E-state index < -0.39 is 11.9 Å². The number of rotatable bonds is 3. The molecule has 1 heterocycles. The van der Waals surface area contributed by atoms with Crippen molar-refractivity contribution in [3.63, 3.8) is 0 Å². The molecule has 1 aromatic rings. The van der Waals surface area contributed by atoms with Gasteiger partial charge in [-0.05, 0) is 0 Å². The Balaban J connectivity index is 2.69. The molecule has 0 fully saturated rings. The van der Waals surface area contributed by atoms with Crippen LogP contribution < -0.4 is 0 Å². The Morgan fingerprint density at radius 1 is 1.69 bits per heavy atom. The van der Waals surface area contributed by atoms with Crippen molar-refractivity contribution >= 4 is 11.9 Å².